The molecule has 8 heteroatoms. The molecule has 0 bridgehead atoms. The Labute approximate surface area is 186 Å². The molecule has 0 radical (unpaired) electrons. The average Bonchev–Trinajstić information content (AvgIpc) is 3.29. The first-order chi connectivity index (χ1) is 15.5. The summed E-state index contributed by atoms with van der Waals surface area (Å²) in [5.74, 6) is 9.35. The molecule has 32 heavy (non-hydrogen) atoms. The van der Waals surface area contributed by atoms with Crippen LogP contribution in [0.3, 0.4) is 0 Å². The number of rotatable bonds is 4. The highest BCUT2D eigenvalue weighted by molar-refractivity contribution is 5.74. The molecule has 2 amide bonds. The lowest BCUT2D eigenvalue weighted by atomic mass is 10.1. The highest BCUT2D eigenvalue weighted by Gasteiger charge is 2.56. The van der Waals surface area contributed by atoms with E-state index in [1.807, 2.05) is 46.0 Å². The minimum Gasteiger partial charge on any atom is -0.385 e. The quantitative estimate of drug-likeness (QED) is 0.619. The lowest BCUT2D eigenvalue weighted by Crippen LogP contribution is -2.38. The summed E-state index contributed by atoms with van der Waals surface area (Å²) in [5, 5.41) is 16.6. The van der Waals surface area contributed by atoms with Crippen molar-refractivity contribution in [3.8, 4) is 23.2 Å². The molecule has 164 valence electrons. The standard InChI is InChI=1S/C24H25N5O3/c1-15(30)23-26-9-10-28(23)12-18-11-22(32-27-18)17-6-3-16(4-7-17)5-8-19-20-13-29(14-21(19)20)24(31)25-2/h3-4,6-7,9-11,15,19-21,30H,12-14H2,1-2H3,(H,25,31)/t15-,19-,20-,21+/m0/s1. The van der Waals surface area contributed by atoms with Gasteiger partial charge in [0, 0.05) is 55.6 Å². The van der Waals surface area contributed by atoms with Crippen LogP contribution >= 0.6 is 0 Å². The Hall–Kier alpha value is -3.57. The van der Waals surface area contributed by atoms with Gasteiger partial charge in [0.2, 0.25) is 0 Å². The van der Waals surface area contributed by atoms with Crippen LogP contribution in [0.4, 0.5) is 4.79 Å². The Morgan fingerprint density at radius 2 is 2.06 bits per heavy atom. The number of aromatic nitrogens is 3. The number of nitrogens with one attached hydrogen (secondary N) is 1. The van der Waals surface area contributed by atoms with Crippen LogP contribution in [0.1, 0.15) is 30.1 Å². The van der Waals surface area contributed by atoms with Gasteiger partial charge in [0.15, 0.2) is 5.76 Å². The van der Waals surface area contributed by atoms with E-state index in [4.69, 9.17) is 4.52 Å². The number of benzene rings is 1. The molecule has 1 saturated heterocycles. The van der Waals surface area contributed by atoms with Gasteiger partial charge in [-0.2, -0.15) is 0 Å². The molecule has 0 unspecified atom stereocenters. The van der Waals surface area contributed by atoms with E-state index in [1.165, 1.54) is 0 Å². The molecule has 1 aliphatic heterocycles. The van der Waals surface area contributed by atoms with Crippen molar-refractivity contribution in [3.05, 3.63) is 59.8 Å². The molecule has 1 aromatic carbocycles. The lowest BCUT2D eigenvalue weighted by Gasteiger charge is -2.17. The Morgan fingerprint density at radius 1 is 1.31 bits per heavy atom. The highest BCUT2D eigenvalue weighted by atomic mass is 16.5. The summed E-state index contributed by atoms with van der Waals surface area (Å²) in [5.41, 5.74) is 2.65. The van der Waals surface area contributed by atoms with Crippen LogP contribution in [-0.2, 0) is 6.54 Å². The highest BCUT2D eigenvalue weighted by Crippen LogP contribution is 2.51. The maximum absolute atomic E-state index is 11.7. The number of piperidine rings is 1. The van der Waals surface area contributed by atoms with Crippen LogP contribution < -0.4 is 5.32 Å². The van der Waals surface area contributed by atoms with Crippen molar-refractivity contribution in [1.29, 1.82) is 0 Å². The summed E-state index contributed by atoms with van der Waals surface area (Å²) in [6.07, 6.45) is 2.83. The fourth-order valence-corrected chi connectivity index (χ4v) is 4.47. The van der Waals surface area contributed by atoms with Crippen molar-refractivity contribution in [2.75, 3.05) is 20.1 Å². The van der Waals surface area contributed by atoms with E-state index < -0.39 is 6.10 Å². The van der Waals surface area contributed by atoms with Crippen LogP contribution in [0.5, 0.6) is 0 Å². The number of urea groups is 1. The van der Waals surface area contributed by atoms with Crippen molar-refractivity contribution < 1.29 is 14.4 Å². The molecule has 3 heterocycles. The zero-order valence-corrected chi connectivity index (χ0v) is 18.0. The number of hydrogen-bond donors (Lipinski definition) is 2. The monoisotopic (exact) mass is 431 g/mol. The third-order valence-corrected chi connectivity index (χ3v) is 6.26. The largest absolute Gasteiger partial charge is 0.385 e. The molecular formula is C24H25N5O3. The van der Waals surface area contributed by atoms with Gasteiger partial charge in [-0.3, -0.25) is 0 Å². The number of aliphatic hydroxyl groups excluding tert-OH is 1. The molecule has 4 atom stereocenters. The smallest absolute Gasteiger partial charge is 0.317 e. The van der Waals surface area contributed by atoms with Crippen molar-refractivity contribution in [2.24, 2.45) is 17.8 Å². The predicted molar refractivity (Wildman–Crippen MR) is 117 cm³/mol. The summed E-state index contributed by atoms with van der Waals surface area (Å²) < 4.78 is 7.37. The minimum absolute atomic E-state index is 0.00323. The van der Waals surface area contributed by atoms with E-state index in [9.17, 15) is 9.90 Å². The Morgan fingerprint density at radius 3 is 2.75 bits per heavy atom. The fourth-order valence-electron chi connectivity index (χ4n) is 4.47. The molecule has 2 fully saturated rings. The van der Waals surface area contributed by atoms with Gasteiger partial charge in [0.05, 0.1) is 6.54 Å². The molecule has 1 aliphatic carbocycles. The molecule has 0 spiro atoms. The summed E-state index contributed by atoms with van der Waals surface area (Å²) in [6.45, 7) is 3.77. The van der Waals surface area contributed by atoms with Crippen LogP contribution in [0.2, 0.25) is 0 Å². The first-order valence-corrected chi connectivity index (χ1v) is 10.8. The summed E-state index contributed by atoms with van der Waals surface area (Å²) in [7, 11) is 1.67. The number of hydrogen-bond acceptors (Lipinski definition) is 5. The Bertz CT molecular complexity index is 1170. The lowest BCUT2D eigenvalue weighted by molar-refractivity contribution is 0.184. The summed E-state index contributed by atoms with van der Waals surface area (Å²) >= 11 is 0. The van der Waals surface area contributed by atoms with Crippen LogP contribution in [-0.4, -0.2) is 50.9 Å². The van der Waals surface area contributed by atoms with Crippen LogP contribution in [0.15, 0.2) is 47.2 Å². The number of aliphatic hydroxyl groups is 1. The van der Waals surface area contributed by atoms with Gasteiger partial charge < -0.3 is 24.4 Å². The van der Waals surface area contributed by atoms with Gasteiger partial charge in [-0.05, 0) is 43.0 Å². The third-order valence-electron chi connectivity index (χ3n) is 6.26. The number of likely N-dealkylation sites (tertiary alicyclic amines) is 1. The number of amides is 2. The molecule has 8 nitrogen and oxygen atoms in total. The molecule has 2 aliphatic rings. The number of imidazole rings is 1. The maximum atomic E-state index is 11.7. The van der Waals surface area contributed by atoms with Crippen molar-refractivity contribution >= 4 is 6.03 Å². The topological polar surface area (TPSA) is 96.4 Å². The van der Waals surface area contributed by atoms with Gasteiger partial charge in [0.1, 0.15) is 17.6 Å². The second kappa shape index (κ2) is 8.17. The molecular weight excluding hydrogens is 406 g/mol. The van der Waals surface area contributed by atoms with E-state index in [0.717, 1.165) is 29.9 Å². The van der Waals surface area contributed by atoms with Crippen molar-refractivity contribution in [1.82, 2.24) is 24.9 Å². The van der Waals surface area contributed by atoms with Gasteiger partial charge in [0.25, 0.3) is 0 Å². The van der Waals surface area contributed by atoms with Gasteiger partial charge >= 0.3 is 6.03 Å². The Balaban J connectivity index is 1.20. The van der Waals surface area contributed by atoms with Crippen LogP contribution in [0.25, 0.3) is 11.3 Å². The second-order valence-corrected chi connectivity index (χ2v) is 8.43. The van der Waals surface area contributed by atoms with E-state index in [-0.39, 0.29) is 6.03 Å². The number of nitrogens with zero attached hydrogens (tertiary/aromatic N) is 4. The number of fused-ring (bicyclic) bond motifs is 1. The predicted octanol–water partition coefficient (Wildman–Crippen LogP) is 2.51. The molecule has 3 aromatic rings. The Kier molecular flexibility index (Phi) is 5.19. The number of carbonyl (C=O) groups excluding carboxylic acids is 1. The van der Waals surface area contributed by atoms with E-state index in [1.54, 1.807) is 20.2 Å². The minimum atomic E-state index is -0.644. The second-order valence-electron chi connectivity index (χ2n) is 8.43. The van der Waals surface area contributed by atoms with Gasteiger partial charge in [-0.1, -0.05) is 17.0 Å². The van der Waals surface area contributed by atoms with Crippen LogP contribution in [0, 0.1) is 29.6 Å². The van der Waals surface area contributed by atoms with Gasteiger partial charge in [-0.25, -0.2) is 9.78 Å². The van der Waals surface area contributed by atoms with Gasteiger partial charge in [-0.15, -0.1) is 0 Å². The molecule has 2 N–H and O–H groups in total. The van der Waals surface area contributed by atoms with E-state index in [2.05, 4.69) is 27.3 Å². The number of carbonyl (C=O) groups is 1. The van der Waals surface area contributed by atoms with Crippen molar-refractivity contribution in [3.63, 3.8) is 0 Å². The molecule has 2 aromatic heterocycles. The van der Waals surface area contributed by atoms with E-state index in [0.29, 0.717) is 35.9 Å². The molecule has 1 saturated carbocycles. The maximum Gasteiger partial charge on any atom is 0.317 e. The van der Waals surface area contributed by atoms with Crippen molar-refractivity contribution in [2.45, 2.75) is 19.6 Å². The first-order valence-electron chi connectivity index (χ1n) is 10.8. The summed E-state index contributed by atoms with van der Waals surface area (Å²) in [6, 6.07) is 9.84. The SMILES string of the molecule is CNC(=O)N1C[C@@H]2[C@@H](C#Cc3ccc(-c4cc(Cn5ccnc5[C@H](C)O)no4)cc3)[C@@H]2C1. The summed E-state index contributed by atoms with van der Waals surface area (Å²) in [4.78, 5) is 17.7. The van der Waals surface area contributed by atoms with E-state index >= 15 is 0 Å². The average molecular weight is 431 g/mol. The third kappa shape index (κ3) is 3.87. The zero-order valence-electron chi connectivity index (χ0n) is 18.0. The molecule has 5 rings (SSSR count). The fraction of sp³-hybridized carbons (Fsp3) is 0.375. The normalized spacial score (nSPS) is 22.1. The zero-order chi connectivity index (χ0) is 22.2. The first kappa shape index (κ1) is 20.3.